The molecule has 17 heavy (non-hydrogen) atoms. The molecule has 1 aromatic carbocycles. The van der Waals surface area contributed by atoms with Crippen LogP contribution in [0.3, 0.4) is 0 Å². The number of rotatable bonds is 4. The van der Waals surface area contributed by atoms with Gasteiger partial charge < -0.3 is 9.47 Å². The summed E-state index contributed by atoms with van der Waals surface area (Å²) >= 11 is 9.97. The van der Waals surface area contributed by atoms with E-state index in [-0.39, 0.29) is 5.38 Å². The van der Waals surface area contributed by atoms with Crippen LogP contribution >= 0.6 is 27.5 Å². The fraction of sp³-hybridized carbons (Fsp3) is 0.538. The van der Waals surface area contributed by atoms with Gasteiger partial charge in [-0.25, -0.2) is 0 Å². The molecule has 94 valence electrons. The number of halogens is 2. The number of hydrogen-bond donors (Lipinski definition) is 0. The van der Waals surface area contributed by atoms with Gasteiger partial charge >= 0.3 is 0 Å². The molecule has 1 fully saturated rings. The summed E-state index contributed by atoms with van der Waals surface area (Å²) in [4.78, 5) is 0. The highest BCUT2D eigenvalue weighted by Gasteiger charge is 2.29. The van der Waals surface area contributed by atoms with Crippen LogP contribution in [0.1, 0.15) is 30.2 Å². The molecule has 2 rings (SSSR count). The molecule has 0 aliphatic heterocycles. The Morgan fingerprint density at radius 3 is 2.35 bits per heavy atom. The monoisotopic (exact) mass is 318 g/mol. The first-order valence-electron chi connectivity index (χ1n) is 5.73. The second kappa shape index (κ2) is 5.49. The molecule has 0 amide bonds. The molecule has 1 aliphatic carbocycles. The first-order chi connectivity index (χ1) is 8.17. The molecule has 1 atom stereocenters. The van der Waals surface area contributed by atoms with Gasteiger partial charge in [-0.2, -0.15) is 0 Å². The molecule has 4 heteroatoms. The summed E-state index contributed by atoms with van der Waals surface area (Å²) in [6, 6.07) is 3.89. The minimum absolute atomic E-state index is 0.0145. The maximum atomic E-state index is 6.52. The number of hydrogen-bond acceptors (Lipinski definition) is 2. The molecule has 0 saturated heterocycles. The van der Waals surface area contributed by atoms with E-state index in [1.54, 1.807) is 14.2 Å². The predicted molar refractivity (Wildman–Crippen MR) is 73.2 cm³/mol. The minimum Gasteiger partial charge on any atom is -0.496 e. The molecule has 1 aliphatic rings. The van der Waals surface area contributed by atoms with Crippen molar-refractivity contribution in [1.82, 2.24) is 0 Å². The fourth-order valence-electron chi connectivity index (χ4n) is 2.09. The van der Waals surface area contributed by atoms with Crippen LogP contribution in [0.25, 0.3) is 0 Å². The van der Waals surface area contributed by atoms with Crippen molar-refractivity contribution in [1.29, 1.82) is 0 Å². The van der Waals surface area contributed by atoms with Gasteiger partial charge in [0.15, 0.2) is 0 Å². The number of methoxy groups -OCH3 is 2. The average Bonchev–Trinajstić information content (AvgIpc) is 2.26. The van der Waals surface area contributed by atoms with Crippen LogP contribution in [-0.4, -0.2) is 14.2 Å². The van der Waals surface area contributed by atoms with Gasteiger partial charge in [0.25, 0.3) is 0 Å². The van der Waals surface area contributed by atoms with Gasteiger partial charge in [0.05, 0.1) is 24.1 Å². The molecule has 1 aromatic rings. The van der Waals surface area contributed by atoms with Crippen molar-refractivity contribution in [3.63, 3.8) is 0 Å². The van der Waals surface area contributed by atoms with E-state index in [9.17, 15) is 0 Å². The van der Waals surface area contributed by atoms with Crippen LogP contribution in [0, 0.1) is 5.92 Å². The van der Waals surface area contributed by atoms with E-state index in [0.717, 1.165) is 21.5 Å². The minimum atomic E-state index is 0.0145. The summed E-state index contributed by atoms with van der Waals surface area (Å²) in [7, 11) is 3.32. The largest absolute Gasteiger partial charge is 0.496 e. The molecule has 0 heterocycles. The van der Waals surface area contributed by atoms with Crippen molar-refractivity contribution < 1.29 is 9.47 Å². The molecule has 0 bridgehead atoms. The third-order valence-corrected chi connectivity index (χ3v) is 4.58. The summed E-state index contributed by atoms with van der Waals surface area (Å²) in [5.41, 5.74) is 1.03. The van der Waals surface area contributed by atoms with E-state index >= 15 is 0 Å². The van der Waals surface area contributed by atoms with Crippen molar-refractivity contribution in [2.45, 2.75) is 24.6 Å². The molecule has 0 spiro atoms. The molecule has 1 saturated carbocycles. The van der Waals surface area contributed by atoms with Crippen LogP contribution in [0.4, 0.5) is 0 Å². The number of alkyl halides is 1. The van der Waals surface area contributed by atoms with Crippen molar-refractivity contribution >= 4 is 27.5 Å². The second-order valence-electron chi connectivity index (χ2n) is 4.32. The molecular formula is C13H16BrClO2. The lowest BCUT2D eigenvalue weighted by molar-refractivity contribution is 0.299. The smallest absolute Gasteiger partial charge is 0.133 e. The molecule has 0 radical (unpaired) electrons. The van der Waals surface area contributed by atoms with Crippen LogP contribution in [0.15, 0.2) is 16.6 Å². The lowest BCUT2D eigenvalue weighted by Crippen LogP contribution is -2.17. The van der Waals surface area contributed by atoms with Crippen molar-refractivity contribution in [2.75, 3.05) is 14.2 Å². The van der Waals surface area contributed by atoms with Gasteiger partial charge in [0.1, 0.15) is 11.5 Å². The van der Waals surface area contributed by atoms with Crippen LogP contribution in [0.2, 0.25) is 0 Å². The standard InChI is InChI=1S/C13H16BrClO2/c1-16-11-7-10(14)12(17-2)6-9(11)13(15)8-4-3-5-8/h6-8,13H,3-5H2,1-2H3. The third-order valence-electron chi connectivity index (χ3n) is 3.36. The zero-order chi connectivity index (χ0) is 12.4. The Balaban J connectivity index is 2.35. The maximum Gasteiger partial charge on any atom is 0.133 e. The Labute approximate surface area is 115 Å². The lowest BCUT2D eigenvalue weighted by Gasteiger charge is -2.31. The molecule has 0 N–H and O–H groups in total. The van der Waals surface area contributed by atoms with Crippen molar-refractivity contribution in [3.05, 3.63) is 22.2 Å². The average molecular weight is 320 g/mol. The van der Waals surface area contributed by atoms with Crippen LogP contribution < -0.4 is 9.47 Å². The summed E-state index contributed by atoms with van der Waals surface area (Å²) in [6.45, 7) is 0. The topological polar surface area (TPSA) is 18.5 Å². The molecule has 0 aromatic heterocycles. The normalized spacial score (nSPS) is 17.4. The van der Waals surface area contributed by atoms with E-state index in [1.807, 2.05) is 12.1 Å². The maximum absolute atomic E-state index is 6.52. The Kier molecular flexibility index (Phi) is 4.21. The molecular weight excluding hydrogens is 303 g/mol. The SMILES string of the molecule is COc1cc(C(Cl)C2CCC2)c(OC)cc1Br. The first kappa shape index (κ1) is 13.0. The second-order valence-corrected chi connectivity index (χ2v) is 5.65. The van der Waals surface area contributed by atoms with E-state index in [0.29, 0.717) is 5.92 Å². The Morgan fingerprint density at radius 2 is 1.88 bits per heavy atom. The Bertz CT molecular complexity index is 405. The summed E-state index contributed by atoms with van der Waals surface area (Å²) in [5, 5.41) is 0.0145. The van der Waals surface area contributed by atoms with Gasteiger partial charge in [-0.15, -0.1) is 11.6 Å². The van der Waals surface area contributed by atoms with E-state index < -0.39 is 0 Å². The Hall–Kier alpha value is -0.410. The van der Waals surface area contributed by atoms with E-state index in [4.69, 9.17) is 21.1 Å². The molecule has 1 unspecified atom stereocenters. The summed E-state index contributed by atoms with van der Waals surface area (Å²) in [6.07, 6.45) is 3.69. The van der Waals surface area contributed by atoms with Gasteiger partial charge in [0, 0.05) is 5.56 Å². The lowest BCUT2D eigenvalue weighted by atomic mass is 9.80. The highest BCUT2D eigenvalue weighted by atomic mass is 79.9. The Morgan fingerprint density at radius 1 is 1.24 bits per heavy atom. The third kappa shape index (κ3) is 2.55. The van der Waals surface area contributed by atoms with E-state index in [1.165, 1.54) is 19.3 Å². The fourth-order valence-corrected chi connectivity index (χ4v) is 2.99. The van der Waals surface area contributed by atoms with Crippen LogP contribution in [0.5, 0.6) is 11.5 Å². The van der Waals surface area contributed by atoms with E-state index in [2.05, 4.69) is 15.9 Å². The predicted octanol–water partition coefficient (Wildman–Crippen LogP) is 4.55. The van der Waals surface area contributed by atoms with Gasteiger partial charge in [0.2, 0.25) is 0 Å². The number of ether oxygens (including phenoxy) is 2. The van der Waals surface area contributed by atoms with Gasteiger partial charge in [-0.1, -0.05) is 6.42 Å². The van der Waals surface area contributed by atoms with Gasteiger partial charge in [-0.05, 0) is 46.8 Å². The van der Waals surface area contributed by atoms with Gasteiger partial charge in [-0.3, -0.25) is 0 Å². The van der Waals surface area contributed by atoms with Crippen molar-refractivity contribution in [3.8, 4) is 11.5 Å². The quantitative estimate of drug-likeness (QED) is 0.758. The zero-order valence-corrected chi connectivity index (χ0v) is 12.3. The summed E-state index contributed by atoms with van der Waals surface area (Å²) < 4.78 is 11.6. The highest BCUT2D eigenvalue weighted by molar-refractivity contribution is 9.10. The molecule has 2 nitrogen and oxygen atoms in total. The first-order valence-corrected chi connectivity index (χ1v) is 6.95. The summed E-state index contributed by atoms with van der Waals surface area (Å²) in [5.74, 6) is 2.19. The zero-order valence-electron chi connectivity index (χ0n) is 10.0. The van der Waals surface area contributed by atoms with Crippen molar-refractivity contribution in [2.24, 2.45) is 5.92 Å². The highest BCUT2D eigenvalue weighted by Crippen LogP contribution is 2.46. The van der Waals surface area contributed by atoms with Crippen LogP contribution in [-0.2, 0) is 0 Å². The number of benzene rings is 1.